The van der Waals surface area contributed by atoms with Crippen LogP contribution < -0.4 is 4.48 Å². The van der Waals surface area contributed by atoms with Gasteiger partial charge in [0.25, 0.3) is 0 Å². The van der Waals surface area contributed by atoms with Gasteiger partial charge >= 0.3 is 228 Å². The van der Waals surface area contributed by atoms with Crippen molar-refractivity contribution in [2.45, 2.75) is 44.4 Å². The monoisotopic (exact) mass is 660 g/mol. The Morgan fingerprint density at radius 3 is 2.29 bits per heavy atom. The number of pyridine rings is 1. The van der Waals surface area contributed by atoms with Gasteiger partial charge < -0.3 is 5.11 Å². The average molecular weight is 661 g/mol. The van der Waals surface area contributed by atoms with Gasteiger partial charge in [0.15, 0.2) is 0 Å². The first-order valence-corrected chi connectivity index (χ1v) is 13.9. The summed E-state index contributed by atoms with van der Waals surface area (Å²) in [6.45, 7) is -1.38. The van der Waals surface area contributed by atoms with Crippen LogP contribution in [0, 0.1) is 17.6 Å². The van der Waals surface area contributed by atoms with Gasteiger partial charge in [-0.15, -0.1) is 0 Å². The molecule has 0 saturated heterocycles. The number of nitrogens with zero attached hydrogens (tertiary/aromatic N) is 4. The Morgan fingerprint density at radius 1 is 1.10 bits per heavy atom. The second-order valence-corrected chi connectivity index (χ2v) is 11.2. The number of carboxylic acids is 1. The summed E-state index contributed by atoms with van der Waals surface area (Å²) >= 11 is 7.11. The number of aromatic nitrogens is 3. The quantitative estimate of drug-likeness (QED) is 0.224. The van der Waals surface area contributed by atoms with Crippen LogP contribution in [0.1, 0.15) is 63.7 Å². The number of ketones is 1. The Morgan fingerprint density at radius 2 is 1.73 bits per heavy atom. The first-order valence-electron chi connectivity index (χ1n) is 12.3. The van der Waals surface area contributed by atoms with E-state index >= 15 is 0 Å². The Hall–Kier alpha value is -3.31. The molecule has 0 spiro atoms. The van der Waals surface area contributed by atoms with Crippen LogP contribution in [-0.4, -0.2) is 65.8 Å². The van der Waals surface area contributed by atoms with Gasteiger partial charge in [-0.1, -0.05) is 0 Å². The van der Waals surface area contributed by atoms with Crippen LogP contribution in [0.5, 0.6) is 0 Å². The molecule has 2 heterocycles. The van der Waals surface area contributed by atoms with Crippen molar-refractivity contribution in [1.29, 1.82) is 0 Å². The molecule has 1 unspecified atom stereocenters. The molecule has 1 aromatic carbocycles. The van der Waals surface area contributed by atoms with Gasteiger partial charge in [0.2, 0.25) is 0 Å². The number of amides is 1. The molecule has 1 aliphatic carbocycles. The molecule has 15 heteroatoms. The van der Waals surface area contributed by atoms with Crippen molar-refractivity contribution in [3.05, 3.63) is 75.7 Å². The summed E-state index contributed by atoms with van der Waals surface area (Å²) in [4.78, 5) is 42.9. The zero-order valence-electron chi connectivity index (χ0n) is 21.2. The van der Waals surface area contributed by atoms with Crippen LogP contribution in [0.2, 0.25) is 5.02 Å². The predicted molar refractivity (Wildman–Crippen MR) is 139 cm³/mol. The van der Waals surface area contributed by atoms with E-state index in [1.54, 1.807) is 0 Å². The number of benzene rings is 1. The zero-order valence-corrected chi connectivity index (χ0v) is 24.3. The molecule has 0 radical (unpaired) electrons. The first-order chi connectivity index (χ1) is 19.3. The van der Waals surface area contributed by atoms with Gasteiger partial charge in [-0.2, -0.15) is 0 Å². The zero-order chi connectivity index (χ0) is 30.1. The molecule has 2 aromatic heterocycles. The number of halogens is 6. The van der Waals surface area contributed by atoms with Gasteiger partial charge in [0.1, 0.15) is 0 Å². The van der Waals surface area contributed by atoms with E-state index in [0.29, 0.717) is 10.7 Å². The fourth-order valence-corrected chi connectivity index (χ4v) is 6.21. The third-order valence-corrected chi connectivity index (χ3v) is 8.05. The summed E-state index contributed by atoms with van der Waals surface area (Å²) in [5.41, 5.74) is -2.35. The predicted octanol–water partition coefficient (Wildman–Crippen LogP) is 3.83. The molecule has 0 aliphatic heterocycles. The molecule has 1 fully saturated rings. The van der Waals surface area contributed by atoms with E-state index in [9.17, 15) is 41.4 Å². The van der Waals surface area contributed by atoms with Gasteiger partial charge in [-0.3, -0.25) is 4.79 Å². The van der Waals surface area contributed by atoms with E-state index in [2.05, 4.69) is 10.1 Å². The fourth-order valence-electron chi connectivity index (χ4n) is 4.92. The Balaban J connectivity index is 1.73. The molecule has 41 heavy (non-hydrogen) atoms. The number of aliphatic carboxylic acids is 1. The number of alkyl halides is 3. The van der Waals surface area contributed by atoms with Crippen molar-refractivity contribution in [3.63, 3.8) is 0 Å². The summed E-state index contributed by atoms with van der Waals surface area (Å²) < 4.78 is 71.9. The molecule has 1 amide bonds. The number of hydrogen-bond acceptors (Lipinski definition) is 5. The molecule has 1 atom stereocenters. The minimum atomic E-state index is -5.04. The molecule has 1 aliphatic rings. The number of Topliss-reactive ketones (excluding diaryl/α,β-unsaturated/α-hetero) is 1. The van der Waals surface area contributed by atoms with Crippen molar-refractivity contribution < 1.29 is 41.4 Å². The maximum atomic E-state index is 14.4. The van der Waals surface area contributed by atoms with Gasteiger partial charge in [0, 0.05) is 0 Å². The van der Waals surface area contributed by atoms with Crippen molar-refractivity contribution in [1.82, 2.24) is 19.7 Å². The topological polar surface area (TPSA) is 105 Å². The summed E-state index contributed by atoms with van der Waals surface area (Å²) in [6.07, 6.45) is -2.47. The normalized spacial score (nSPS) is 17.3. The van der Waals surface area contributed by atoms with E-state index in [4.69, 9.17) is 11.6 Å². The number of rotatable bonds is 8. The van der Waals surface area contributed by atoms with E-state index in [1.165, 1.54) is 12.3 Å². The van der Waals surface area contributed by atoms with E-state index in [0.717, 1.165) is 40.1 Å². The van der Waals surface area contributed by atoms with Crippen molar-refractivity contribution in [2.75, 3.05) is 6.54 Å². The first kappa shape index (κ1) is 30.6. The van der Waals surface area contributed by atoms with Gasteiger partial charge in [-0.05, 0) is 0 Å². The summed E-state index contributed by atoms with van der Waals surface area (Å²) in [5, 5.41) is 13.1. The number of carbonyl (C=O) groups is 3. The molecule has 1 N–H and O–H groups in total. The number of carbonyl (C=O) groups excluding carboxylic acids is 2. The van der Waals surface area contributed by atoms with E-state index < -0.39 is 71.8 Å². The molecule has 3 aromatic rings. The van der Waals surface area contributed by atoms with Crippen LogP contribution in [-0.2, 0) is 17.5 Å². The molecule has 8 nitrogen and oxygen atoms in total. The second-order valence-electron chi connectivity index (χ2n) is 9.61. The third-order valence-electron chi connectivity index (χ3n) is 6.81. The van der Waals surface area contributed by atoms with Crippen LogP contribution in [0.15, 0.2) is 36.7 Å². The number of carboxylic acid groups (broad SMARTS) is 1. The SMILES string of the molecule is O=C(CN(Cc1cc(F)cc(F)c1)C(=O)c1cnn(C2CCC(C(=O)O)CC2)c1C(F)(F)F)c1c(Cl)ccnc1[AsH2]. The summed E-state index contributed by atoms with van der Waals surface area (Å²) in [7, 11) is 0. The Labute approximate surface area is 244 Å². The summed E-state index contributed by atoms with van der Waals surface area (Å²) in [6, 6.07) is 2.92. The van der Waals surface area contributed by atoms with E-state index in [1.807, 2.05) is 0 Å². The fraction of sp³-hybridized carbons (Fsp3) is 0.346. The van der Waals surface area contributed by atoms with E-state index in [-0.39, 0.29) is 46.3 Å². The molecular weight excluding hydrogens is 638 g/mol. The van der Waals surface area contributed by atoms with Crippen LogP contribution in [0.4, 0.5) is 22.0 Å². The Bertz CT molecular complexity index is 1450. The molecule has 4 rings (SSSR count). The van der Waals surface area contributed by atoms with Crippen molar-refractivity contribution >= 4 is 50.6 Å². The molecule has 0 bridgehead atoms. The maximum absolute atomic E-state index is 14.4. The van der Waals surface area contributed by atoms with Gasteiger partial charge in [0.05, 0.1) is 5.92 Å². The standard InChI is InChI=1S/C26H23AsClF5N4O4/c27-23-21(19(28)5-6-34-23)20(38)12-36(11-13-7-15(29)9-16(30)8-13)24(39)18-10-35-37(22(18)26(31,32)33)17-3-1-14(2-4-17)25(40)41/h5-10,14,17H,1-4,11-12,27H2,(H,40,41). The minimum absolute atomic E-state index is 0.0225. The van der Waals surface area contributed by atoms with Crippen LogP contribution in [0.25, 0.3) is 0 Å². The second kappa shape index (κ2) is 12.3. The van der Waals surface area contributed by atoms with Crippen molar-refractivity contribution in [3.8, 4) is 0 Å². The van der Waals surface area contributed by atoms with Gasteiger partial charge in [-0.25, -0.2) is 0 Å². The molecule has 1 saturated carbocycles. The Kier molecular flexibility index (Phi) is 9.18. The van der Waals surface area contributed by atoms with Crippen molar-refractivity contribution in [2.24, 2.45) is 5.92 Å². The third kappa shape index (κ3) is 6.95. The van der Waals surface area contributed by atoms with Crippen LogP contribution >= 0.6 is 11.6 Å². The molecular formula is C26H23AsClF5N4O4. The summed E-state index contributed by atoms with van der Waals surface area (Å²) in [5.74, 6) is -5.66. The number of hydrogen-bond donors (Lipinski definition) is 1. The average Bonchev–Trinajstić information content (AvgIpc) is 3.33. The van der Waals surface area contributed by atoms with Crippen LogP contribution in [0.3, 0.4) is 0 Å². The molecule has 218 valence electrons.